The topological polar surface area (TPSA) is 88.7 Å². The number of phenols is 1. The monoisotopic (exact) mass is 482 g/mol. The Bertz CT molecular complexity index is 1340. The van der Waals surface area contributed by atoms with Crippen LogP contribution < -0.4 is 5.32 Å². The number of imide groups is 1. The van der Waals surface area contributed by atoms with Crippen LogP contribution in [0.4, 0.5) is 9.18 Å². The van der Waals surface area contributed by atoms with Gasteiger partial charge in [0.15, 0.2) is 0 Å². The van der Waals surface area contributed by atoms with Crippen LogP contribution in [0.3, 0.4) is 0 Å². The lowest BCUT2D eigenvalue weighted by molar-refractivity contribution is -0.133. The molecule has 1 fully saturated rings. The molecular weight excluding hydrogens is 459 g/mol. The van der Waals surface area contributed by atoms with E-state index in [1.54, 1.807) is 48.2 Å². The van der Waals surface area contributed by atoms with Crippen LogP contribution in [0.2, 0.25) is 5.02 Å². The van der Waals surface area contributed by atoms with Crippen molar-refractivity contribution in [3.8, 4) is 5.75 Å². The van der Waals surface area contributed by atoms with E-state index in [4.69, 9.17) is 11.6 Å². The molecule has 3 heterocycles. The third-order valence-corrected chi connectivity index (χ3v) is 6.98. The Morgan fingerprint density at radius 2 is 2.15 bits per heavy atom. The highest BCUT2D eigenvalue weighted by atomic mass is 35.5. The van der Waals surface area contributed by atoms with Gasteiger partial charge in [-0.05, 0) is 42.3 Å². The Balaban J connectivity index is 1.67. The minimum absolute atomic E-state index is 0.0143. The third-order valence-electron chi connectivity index (χ3n) is 6.69. The number of aromatic amines is 1. The van der Waals surface area contributed by atoms with Gasteiger partial charge in [0, 0.05) is 42.7 Å². The summed E-state index contributed by atoms with van der Waals surface area (Å²) in [5, 5.41) is 14.0. The van der Waals surface area contributed by atoms with E-state index in [-0.39, 0.29) is 29.6 Å². The van der Waals surface area contributed by atoms with E-state index >= 15 is 0 Å². The van der Waals surface area contributed by atoms with Crippen LogP contribution in [0.25, 0.3) is 10.9 Å². The molecular formula is C25H24ClFN4O3. The van der Waals surface area contributed by atoms with Crippen molar-refractivity contribution in [1.82, 2.24) is 20.1 Å². The van der Waals surface area contributed by atoms with Crippen molar-refractivity contribution in [2.75, 3.05) is 19.6 Å². The van der Waals surface area contributed by atoms with Gasteiger partial charge in [-0.25, -0.2) is 9.18 Å². The molecule has 5 rings (SSSR count). The summed E-state index contributed by atoms with van der Waals surface area (Å²) >= 11 is 6.09. The lowest BCUT2D eigenvalue weighted by atomic mass is 9.81. The van der Waals surface area contributed by atoms with Gasteiger partial charge in [0.1, 0.15) is 23.1 Å². The van der Waals surface area contributed by atoms with Crippen LogP contribution in [-0.4, -0.2) is 57.0 Å². The van der Waals surface area contributed by atoms with Gasteiger partial charge >= 0.3 is 6.03 Å². The molecule has 0 aliphatic carbocycles. The maximum absolute atomic E-state index is 14.2. The number of nitrogens with zero attached hydrogens (tertiary/aromatic N) is 2. The summed E-state index contributed by atoms with van der Waals surface area (Å²) in [6.07, 6.45) is 1.96. The van der Waals surface area contributed by atoms with Crippen molar-refractivity contribution in [2.45, 2.75) is 24.9 Å². The summed E-state index contributed by atoms with van der Waals surface area (Å²) in [6, 6.07) is 8.39. The van der Waals surface area contributed by atoms with Gasteiger partial charge in [-0.1, -0.05) is 29.8 Å². The van der Waals surface area contributed by atoms with E-state index in [9.17, 15) is 19.1 Å². The number of hydrogen-bond donors (Lipinski definition) is 3. The molecule has 1 aromatic heterocycles. The maximum atomic E-state index is 14.2. The molecule has 0 radical (unpaired) electrons. The number of phenolic OH excluding ortho intramolecular Hbond substituents is 1. The molecule has 176 valence electrons. The van der Waals surface area contributed by atoms with Gasteiger partial charge in [0.05, 0.1) is 5.02 Å². The molecule has 0 spiro atoms. The molecule has 3 N–H and O–H groups in total. The molecule has 9 heteroatoms. The first-order chi connectivity index (χ1) is 16.3. The number of amides is 3. The summed E-state index contributed by atoms with van der Waals surface area (Å²) in [5.74, 6) is -0.810. The van der Waals surface area contributed by atoms with E-state index in [0.717, 1.165) is 5.56 Å². The zero-order chi connectivity index (χ0) is 24.2. The molecule has 0 unspecified atom stereocenters. The van der Waals surface area contributed by atoms with E-state index in [1.165, 1.54) is 11.0 Å². The van der Waals surface area contributed by atoms with Crippen LogP contribution >= 0.6 is 11.6 Å². The number of fused-ring (bicyclic) bond motifs is 4. The second kappa shape index (κ2) is 8.14. The van der Waals surface area contributed by atoms with Crippen LogP contribution in [0.15, 0.2) is 49.1 Å². The van der Waals surface area contributed by atoms with Gasteiger partial charge in [0.25, 0.3) is 5.91 Å². The summed E-state index contributed by atoms with van der Waals surface area (Å²) in [6.45, 7) is 6.64. The molecule has 34 heavy (non-hydrogen) atoms. The van der Waals surface area contributed by atoms with Crippen LogP contribution in [0.1, 0.15) is 29.8 Å². The molecule has 2 aromatic carbocycles. The van der Waals surface area contributed by atoms with E-state index in [0.29, 0.717) is 35.2 Å². The molecule has 0 saturated carbocycles. The van der Waals surface area contributed by atoms with Crippen LogP contribution in [-0.2, 0) is 11.2 Å². The van der Waals surface area contributed by atoms with Crippen LogP contribution in [0.5, 0.6) is 5.75 Å². The number of aromatic nitrogens is 1. The first-order valence-corrected chi connectivity index (χ1v) is 11.4. The highest BCUT2D eigenvalue weighted by Gasteiger charge is 2.60. The highest BCUT2D eigenvalue weighted by molar-refractivity contribution is 6.31. The zero-order valence-corrected chi connectivity index (χ0v) is 19.3. The minimum Gasteiger partial charge on any atom is -0.508 e. The van der Waals surface area contributed by atoms with Gasteiger partial charge in [-0.15, -0.1) is 6.58 Å². The largest absolute Gasteiger partial charge is 0.508 e. The number of benzene rings is 2. The molecule has 2 aliphatic heterocycles. The molecule has 2 aliphatic rings. The predicted molar refractivity (Wildman–Crippen MR) is 127 cm³/mol. The van der Waals surface area contributed by atoms with Crippen LogP contribution in [0, 0.1) is 5.82 Å². The fourth-order valence-electron chi connectivity index (χ4n) is 5.14. The Morgan fingerprint density at radius 3 is 2.88 bits per heavy atom. The van der Waals surface area contributed by atoms with E-state index < -0.39 is 23.4 Å². The van der Waals surface area contributed by atoms with Gasteiger partial charge in [0.2, 0.25) is 0 Å². The maximum Gasteiger partial charge on any atom is 0.328 e. The predicted octanol–water partition coefficient (Wildman–Crippen LogP) is 4.11. The molecule has 2 atom stereocenters. The molecule has 3 aromatic rings. The number of urea groups is 1. The number of nitrogens with one attached hydrogen (secondary N) is 2. The number of H-pyrrole nitrogens is 1. The fraction of sp³-hybridized carbons (Fsp3) is 0.280. The van der Waals surface area contributed by atoms with E-state index in [1.807, 2.05) is 0 Å². The zero-order valence-electron chi connectivity index (χ0n) is 18.6. The van der Waals surface area contributed by atoms with Gasteiger partial charge in [-0.3, -0.25) is 14.6 Å². The first-order valence-electron chi connectivity index (χ1n) is 11.0. The standard InChI is InChI=1S/C25H24ClFN4O3/c1-3-7-28-8-9-30-23(33)25(2)13-17-16-11-18(26)19(27)12-20(16)29-21(17)22(31(25)24(30)34)14-5-4-6-15(32)10-14/h3-6,10-12,22,28-29,32H,1,7-9,13H2,2H3/t22-,25+/m1/s1. The Labute approximate surface area is 200 Å². The number of aromatic hydroxyl groups is 1. The van der Waals surface area contributed by atoms with Crippen molar-refractivity contribution >= 4 is 34.4 Å². The smallest absolute Gasteiger partial charge is 0.328 e. The summed E-state index contributed by atoms with van der Waals surface area (Å²) in [4.78, 5) is 33.4. The number of carbonyl (C=O) groups excluding carboxylic acids is 2. The lowest BCUT2D eigenvalue weighted by Gasteiger charge is -2.42. The average Bonchev–Trinajstić information content (AvgIpc) is 3.22. The van der Waals surface area contributed by atoms with Crippen molar-refractivity contribution in [1.29, 1.82) is 0 Å². The molecule has 0 bridgehead atoms. The number of carbonyl (C=O) groups is 2. The number of halogens is 2. The quantitative estimate of drug-likeness (QED) is 0.280. The Morgan fingerprint density at radius 1 is 1.35 bits per heavy atom. The second-order valence-corrected chi connectivity index (χ2v) is 9.29. The molecule has 3 amide bonds. The van der Waals surface area contributed by atoms with Crippen molar-refractivity contribution in [2.24, 2.45) is 0 Å². The Hall–Kier alpha value is -3.36. The number of rotatable bonds is 6. The van der Waals surface area contributed by atoms with Gasteiger partial charge < -0.3 is 15.4 Å². The minimum atomic E-state index is -1.16. The molecule has 7 nitrogen and oxygen atoms in total. The normalized spacial score (nSPS) is 21.8. The summed E-state index contributed by atoms with van der Waals surface area (Å²) in [7, 11) is 0. The molecule has 1 saturated heterocycles. The second-order valence-electron chi connectivity index (χ2n) is 8.88. The Kier molecular flexibility index (Phi) is 5.37. The summed E-state index contributed by atoms with van der Waals surface area (Å²) < 4.78 is 14.2. The highest BCUT2D eigenvalue weighted by Crippen LogP contribution is 2.49. The van der Waals surface area contributed by atoms with E-state index in [2.05, 4.69) is 16.9 Å². The van der Waals surface area contributed by atoms with Gasteiger partial charge in [-0.2, -0.15) is 0 Å². The average molecular weight is 483 g/mol. The third kappa shape index (κ3) is 3.28. The summed E-state index contributed by atoms with van der Waals surface area (Å²) in [5.41, 5.74) is 1.49. The fourth-order valence-corrected chi connectivity index (χ4v) is 5.31. The van der Waals surface area contributed by atoms with Crippen molar-refractivity contribution in [3.05, 3.63) is 76.7 Å². The SMILES string of the molecule is C=CCNCCN1C(=O)N2[C@H](c3cccc(O)c3)c3[nH]c4cc(F)c(Cl)cc4c3C[C@@]2(C)C1=O. The van der Waals surface area contributed by atoms with Crippen molar-refractivity contribution < 1.29 is 19.1 Å². The lowest BCUT2D eigenvalue weighted by Crippen LogP contribution is -2.53. The van der Waals surface area contributed by atoms with Crippen molar-refractivity contribution in [3.63, 3.8) is 0 Å². The number of hydrogen-bond acceptors (Lipinski definition) is 4. The first kappa shape index (κ1) is 22.4.